The van der Waals surface area contributed by atoms with E-state index in [4.69, 9.17) is 22.3 Å². The number of nitrogens with two attached hydrogens (primary N) is 3. The van der Waals surface area contributed by atoms with E-state index < -0.39 is 60.4 Å². The minimum absolute atomic E-state index is 0.0470. The second-order valence-electron chi connectivity index (χ2n) is 6.80. The lowest BCUT2D eigenvalue weighted by Gasteiger charge is -2.25. The van der Waals surface area contributed by atoms with Crippen molar-refractivity contribution in [2.45, 2.75) is 63.3 Å². The molecule has 0 aliphatic carbocycles. The predicted octanol–water partition coefficient (Wildman–Crippen LogP) is -3.74. The molecule has 0 aromatic heterocycles. The Balaban J connectivity index is 5.11. The van der Waals surface area contributed by atoms with Crippen molar-refractivity contribution in [1.29, 1.82) is 0 Å². The van der Waals surface area contributed by atoms with Crippen LogP contribution in [0.5, 0.6) is 0 Å². The van der Waals surface area contributed by atoms with Crippen LogP contribution < -0.4 is 33.2 Å². The van der Waals surface area contributed by atoms with E-state index in [2.05, 4.69) is 16.0 Å². The Kier molecular flexibility index (Phi) is 12.9. The molecule has 13 nitrogen and oxygen atoms in total. The van der Waals surface area contributed by atoms with Gasteiger partial charge in [-0.3, -0.25) is 24.0 Å². The summed E-state index contributed by atoms with van der Waals surface area (Å²) in [5, 5.41) is 25.4. The van der Waals surface area contributed by atoms with Gasteiger partial charge < -0.3 is 43.4 Å². The van der Waals surface area contributed by atoms with Crippen molar-refractivity contribution in [1.82, 2.24) is 16.0 Å². The number of amides is 4. The summed E-state index contributed by atoms with van der Waals surface area (Å²) in [5.41, 5.74) is 16.1. The van der Waals surface area contributed by atoms with Gasteiger partial charge in [0.15, 0.2) is 0 Å². The highest BCUT2D eigenvalue weighted by Crippen LogP contribution is 2.04. The van der Waals surface area contributed by atoms with Crippen molar-refractivity contribution >= 4 is 29.6 Å². The number of aliphatic carboxylic acids is 1. The Labute approximate surface area is 174 Å². The largest absolute Gasteiger partial charge is 0.480 e. The van der Waals surface area contributed by atoms with Crippen LogP contribution in [0.25, 0.3) is 0 Å². The van der Waals surface area contributed by atoms with Gasteiger partial charge in [0.05, 0.1) is 12.1 Å². The van der Waals surface area contributed by atoms with Gasteiger partial charge in [-0.15, -0.1) is 0 Å². The molecule has 4 atom stereocenters. The van der Waals surface area contributed by atoms with E-state index in [1.807, 2.05) is 0 Å². The highest BCUT2D eigenvalue weighted by atomic mass is 16.4. The summed E-state index contributed by atoms with van der Waals surface area (Å²) in [6.45, 7) is 0.994. The molecule has 0 fully saturated rings. The Hall–Kier alpha value is -2.77. The fourth-order valence-electron chi connectivity index (χ4n) is 2.40. The van der Waals surface area contributed by atoms with E-state index in [0.29, 0.717) is 19.4 Å². The van der Waals surface area contributed by atoms with E-state index in [1.165, 1.54) is 6.92 Å². The van der Waals surface area contributed by atoms with Gasteiger partial charge in [0.25, 0.3) is 0 Å². The monoisotopic (exact) mass is 432 g/mol. The molecule has 0 aliphatic rings. The number of hydrogen-bond acceptors (Lipinski definition) is 8. The Morgan fingerprint density at radius 2 is 1.60 bits per heavy atom. The second kappa shape index (κ2) is 14.3. The number of carboxylic acids is 1. The SMILES string of the molecule is CC(O)C(NC(=O)C(N)CCC(N)=O)C(=O)NC(CCCCN)C(=O)NCC(=O)O. The number of primary amides is 1. The fraction of sp³-hybridized carbons (Fsp3) is 0.706. The van der Waals surface area contributed by atoms with Crippen molar-refractivity contribution in [3.05, 3.63) is 0 Å². The molecule has 172 valence electrons. The van der Waals surface area contributed by atoms with Gasteiger partial charge in [-0.05, 0) is 39.2 Å². The zero-order chi connectivity index (χ0) is 23.3. The number of carbonyl (C=O) groups is 5. The van der Waals surface area contributed by atoms with Crippen molar-refractivity contribution in [2.75, 3.05) is 13.1 Å². The molecule has 13 heteroatoms. The van der Waals surface area contributed by atoms with Gasteiger partial charge >= 0.3 is 5.97 Å². The average Bonchev–Trinajstić information content (AvgIpc) is 2.66. The van der Waals surface area contributed by atoms with Crippen LogP contribution in [0.3, 0.4) is 0 Å². The maximum atomic E-state index is 12.6. The zero-order valence-electron chi connectivity index (χ0n) is 16.9. The zero-order valence-corrected chi connectivity index (χ0v) is 16.9. The first kappa shape index (κ1) is 27.2. The lowest BCUT2D eigenvalue weighted by Crippen LogP contribution is -2.59. The molecule has 30 heavy (non-hydrogen) atoms. The Morgan fingerprint density at radius 3 is 2.10 bits per heavy atom. The van der Waals surface area contributed by atoms with Crippen LogP contribution in [0, 0.1) is 0 Å². The van der Waals surface area contributed by atoms with Crippen LogP contribution >= 0.6 is 0 Å². The number of nitrogens with one attached hydrogen (secondary N) is 3. The van der Waals surface area contributed by atoms with Crippen LogP contribution in [-0.2, 0) is 24.0 Å². The molecule has 0 aliphatic heterocycles. The molecular weight excluding hydrogens is 400 g/mol. The summed E-state index contributed by atoms with van der Waals surface area (Å²) in [6, 6.07) is -3.66. The predicted molar refractivity (Wildman–Crippen MR) is 105 cm³/mol. The van der Waals surface area contributed by atoms with E-state index in [1.54, 1.807) is 0 Å². The standard InChI is InChI=1S/C17H32N6O7/c1-9(24)14(23-15(28)10(19)5-6-12(20)25)17(30)22-11(4-2-3-7-18)16(29)21-8-13(26)27/h9-11,14,24H,2-8,18-19H2,1H3,(H2,20,25)(H,21,29)(H,22,30)(H,23,28)(H,26,27). The molecular formula is C17H32N6O7. The Morgan fingerprint density at radius 1 is 0.967 bits per heavy atom. The molecule has 4 amide bonds. The molecule has 0 aromatic rings. The first-order valence-electron chi connectivity index (χ1n) is 9.51. The molecule has 0 heterocycles. The summed E-state index contributed by atoms with van der Waals surface area (Å²) in [6.07, 6.45) is -0.284. The summed E-state index contributed by atoms with van der Waals surface area (Å²) in [5.74, 6) is -4.27. The summed E-state index contributed by atoms with van der Waals surface area (Å²) < 4.78 is 0. The fourth-order valence-corrected chi connectivity index (χ4v) is 2.40. The molecule has 0 saturated carbocycles. The van der Waals surface area contributed by atoms with Crippen molar-refractivity contribution in [3.63, 3.8) is 0 Å². The number of unbranched alkanes of at least 4 members (excludes halogenated alkanes) is 1. The van der Waals surface area contributed by atoms with E-state index >= 15 is 0 Å². The smallest absolute Gasteiger partial charge is 0.322 e. The highest BCUT2D eigenvalue weighted by molar-refractivity contribution is 5.94. The van der Waals surface area contributed by atoms with Crippen molar-refractivity contribution in [3.8, 4) is 0 Å². The molecule has 0 saturated heterocycles. The van der Waals surface area contributed by atoms with Crippen LogP contribution in [0.1, 0.15) is 39.0 Å². The first-order chi connectivity index (χ1) is 14.0. The lowest BCUT2D eigenvalue weighted by molar-refractivity contribution is -0.139. The molecule has 4 unspecified atom stereocenters. The van der Waals surface area contributed by atoms with E-state index in [-0.39, 0.29) is 19.3 Å². The summed E-state index contributed by atoms with van der Waals surface area (Å²) in [7, 11) is 0. The first-order valence-corrected chi connectivity index (χ1v) is 9.51. The minimum Gasteiger partial charge on any atom is -0.480 e. The van der Waals surface area contributed by atoms with Gasteiger partial charge in [-0.25, -0.2) is 0 Å². The van der Waals surface area contributed by atoms with Crippen LogP contribution in [0.2, 0.25) is 0 Å². The van der Waals surface area contributed by atoms with Gasteiger partial charge in [0.1, 0.15) is 18.6 Å². The molecule has 0 spiro atoms. The molecule has 0 rings (SSSR count). The van der Waals surface area contributed by atoms with Crippen molar-refractivity contribution < 1.29 is 34.2 Å². The molecule has 11 N–H and O–H groups in total. The third-order valence-corrected chi connectivity index (χ3v) is 4.09. The number of aliphatic hydroxyl groups excluding tert-OH is 1. The normalized spacial score (nSPS) is 14.7. The number of carbonyl (C=O) groups excluding carboxylic acids is 4. The lowest BCUT2D eigenvalue weighted by atomic mass is 10.1. The van der Waals surface area contributed by atoms with Gasteiger partial charge in [-0.2, -0.15) is 0 Å². The topological polar surface area (TPSA) is 240 Å². The molecule has 0 aromatic carbocycles. The Bertz CT molecular complexity index is 613. The number of aliphatic hydroxyl groups is 1. The minimum atomic E-state index is -1.43. The van der Waals surface area contributed by atoms with Gasteiger partial charge in [0.2, 0.25) is 23.6 Å². The maximum absolute atomic E-state index is 12.6. The molecule has 0 radical (unpaired) electrons. The van der Waals surface area contributed by atoms with Crippen LogP contribution in [0.4, 0.5) is 0 Å². The van der Waals surface area contributed by atoms with Gasteiger partial charge in [-0.1, -0.05) is 0 Å². The quantitative estimate of drug-likeness (QED) is 0.118. The average molecular weight is 432 g/mol. The number of rotatable bonds is 15. The van der Waals surface area contributed by atoms with Crippen LogP contribution in [0.15, 0.2) is 0 Å². The number of carboxylic acid groups (broad SMARTS) is 1. The second-order valence-corrected chi connectivity index (χ2v) is 6.80. The third-order valence-electron chi connectivity index (χ3n) is 4.09. The van der Waals surface area contributed by atoms with Crippen LogP contribution in [-0.4, -0.2) is 77.1 Å². The third kappa shape index (κ3) is 11.3. The van der Waals surface area contributed by atoms with E-state index in [9.17, 15) is 29.1 Å². The maximum Gasteiger partial charge on any atom is 0.322 e. The highest BCUT2D eigenvalue weighted by Gasteiger charge is 2.31. The number of hydrogen-bond donors (Lipinski definition) is 8. The van der Waals surface area contributed by atoms with Gasteiger partial charge in [0, 0.05) is 6.42 Å². The van der Waals surface area contributed by atoms with E-state index in [0.717, 1.165) is 0 Å². The van der Waals surface area contributed by atoms with Crippen molar-refractivity contribution in [2.24, 2.45) is 17.2 Å². The summed E-state index contributed by atoms with van der Waals surface area (Å²) >= 11 is 0. The summed E-state index contributed by atoms with van der Waals surface area (Å²) in [4.78, 5) is 58.4. The molecule has 0 bridgehead atoms.